The first-order chi connectivity index (χ1) is 8.63. The van der Waals surface area contributed by atoms with E-state index in [0.29, 0.717) is 22.5 Å². The standard InChI is InChI=1S/C12H12O6/c1-15-8-4-7-9(6(5-18-7)12(13)14)11(17-3)10(8)16-2/h4-5H,1-3H3,(H,13,14). The van der Waals surface area contributed by atoms with Gasteiger partial charge in [-0.1, -0.05) is 0 Å². The number of carboxylic acid groups (broad SMARTS) is 1. The Morgan fingerprint density at radius 1 is 1.17 bits per heavy atom. The number of aromatic carboxylic acids is 1. The second kappa shape index (κ2) is 4.48. The topological polar surface area (TPSA) is 78.1 Å². The van der Waals surface area contributed by atoms with Gasteiger partial charge in [0.15, 0.2) is 11.5 Å². The molecule has 1 aromatic carbocycles. The maximum absolute atomic E-state index is 11.1. The first kappa shape index (κ1) is 12.1. The Kier molecular flexibility index (Phi) is 3.01. The van der Waals surface area contributed by atoms with Gasteiger partial charge < -0.3 is 23.7 Å². The second-order valence-electron chi connectivity index (χ2n) is 3.47. The zero-order valence-electron chi connectivity index (χ0n) is 10.1. The molecule has 1 heterocycles. The van der Waals surface area contributed by atoms with E-state index in [4.69, 9.17) is 23.7 Å². The first-order valence-corrected chi connectivity index (χ1v) is 5.07. The quantitative estimate of drug-likeness (QED) is 0.898. The van der Waals surface area contributed by atoms with Gasteiger partial charge in [-0.3, -0.25) is 0 Å². The van der Waals surface area contributed by atoms with Crippen LogP contribution in [0.25, 0.3) is 11.0 Å². The molecule has 6 nitrogen and oxygen atoms in total. The highest BCUT2D eigenvalue weighted by atomic mass is 16.5. The van der Waals surface area contributed by atoms with Crippen LogP contribution in [0, 0.1) is 0 Å². The van der Waals surface area contributed by atoms with Crippen LogP contribution in [0.3, 0.4) is 0 Å². The average molecular weight is 252 g/mol. The van der Waals surface area contributed by atoms with Gasteiger partial charge in [0.25, 0.3) is 0 Å². The normalized spacial score (nSPS) is 10.4. The average Bonchev–Trinajstić information content (AvgIpc) is 2.79. The van der Waals surface area contributed by atoms with E-state index in [1.807, 2.05) is 0 Å². The minimum absolute atomic E-state index is 0.0165. The molecule has 0 aliphatic carbocycles. The third-order valence-corrected chi connectivity index (χ3v) is 2.60. The Labute approximate surface area is 103 Å². The lowest BCUT2D eigenvalue weighted by molar-refractivity contribution is 0.0698. The molecule has 6 heteroatoms. The molecule has 0 saturated carbocycles. The third-order valence-electron chi connectivity index (χ3n) is 2.60. The molecule has 0 unspecified atom stereocenters. The molecule has 0 aliphatic heterocycles. The maximum atomic E-state index is 11.1. The second-order valence-corrected chi connectivity index (χ2v) is 3.47. The Morgan fingerprint density at radius 2 is 1.83 bits per heavy atom. The van der Waals surface area contributed by atoms with Crippen molar-refractivity contribution in [2.45, 2.75) is 0 Å². The molecule has 0 atom stereocenters. The molecule has 2 aromatic rings. The Bertz CT molecular complexity index is 598. The van der Waals surface area contributed by atoms with Gasteiger partial charge in [0, 0.05) is 6.07 Å². The molecule has 0 aliphatic rings. The number of hydrogen-bond donors (Lipinski definition) is 1. The number of methoxy groups -OCH3 is 3. The van der Waals surface area contributed by atoms with Crippen molar-refractivity contribution >= 4 is 16.9 Å². The van der Waals surface area contributed by atoms with Crippen LogP contribution in [-0.2, 0) is 0 Å². The van der Waals surface area contributed by atoms with Crippen LogP contribution < -0.4 is 14.2 Å². The molecule has 96 valence electrons. The van der Waals surface area contributed by atoms with E-state index < -0.39 is 5.97 Å². The largest absolute Gasteiger partial charge is 0.493 e. The van der Waals surface area contributed by atoms with Crippen LogP contribution >= 0.6 is 0 Å². The third kappa shape index (κ3) is 1.62. The summed E-state index contributed by atoms with van der Waals surface area (Å²) in [4.78, 5) is 11.1. The van der Waals surface area contributed by atoms with Crippen molar-refractivity contribution in [2.75, 3.05) is 21.3 Å². The molecule has 18 heavy (non-hydrogen) atoms. The lowest BCUT2D eigenvalue weighted by Gasteiger charge is -2.12. The number of carboxylic acids is 1. The number of hydrogen-bond acceptors (Lipinski definition) is 5. The molecule has 0 radical (unpaired) electrons. The molecule has 1 N–H and O–H groups in total. The minimum atomic E-state index is -1.10. The Hall–Kier alpha value is -2.37. The highest BCUT2D eigenvalue weighted by molar-refractivity contribution is 6.06. The SMILES string of the molecule is COc1cc2occ(C(=O)O)c2c(OC)c1OC. The van der Waals surface area contributed by atoms with Crippen LogP contribution in [0.2, 0.25) is 0 Å². The van der Waals surface area contributed by atoms with Crippen molar-refractivity contribution in [3.05, 3.63) is 17.9 Å². The van der Waals surface area contributed by atoms with Gasteiger partial charge >= 0.3 is 5.97 Å². The number of benzene rings is 1. The highest BCUT2D eigenvalue weighted by Crippen LogP contribution is 2.45. The number of carbonyl (C=O) groups is 1. The fourth-order valence-corrected chi connectivity index (χ4v) is 1.82. The fourth-order valence-electron chi connectivity index (χ4n) is 1.82. The summed E-state index contributed by atoms with van der Waals surface area (Å²) in [5.74, 6) is -0.0817. The van der Waals surface area contributed by atoms with Crippen molar-refractivity contribution < 1.29 is 28.5 Å². The Balaban J connectivity index is 2.87. The first-order valence-electron chi connectivity index (χ1n) is 5.07. The van der Waals surface area contributed by atoms with Crippen LogP contribution in [0.1, 0.15) is 10.4 Å². The van der Waals surface area contributed by atoms with Gasteiger partial charge in [0.1, 0.15) is 17.4 Å². The van der Waals surface area contributed by atoms with Crippen molar-refractivity contribution in [1.82, 2.24) is 0 Å². The van der Waals surface area contributed by atoms with E-state index in [1.165, 1.54) is 21.3 Å². The number of furan rings is 1. The van der Waals surface area contributed by atoms with E-state index in [9.17, 15) is 4.79 Å². The lowest BCUT2D eigenvalue weighted by atomic mass is 10.1. The molecule has 1 aromatic heterocycles. The molecular weight excluding hydrogens is 240 g/mol. The zero-order chi connectivity index (χ0) is 13.3. The summed E-state index contributed by atoms with van der Waals surface area (Å²) >= 11 is 0. The van der Waals surface area contributed by atoms with Crippen molar-refractivity contribution in [2.24, 2.45) is 0 Å². The molecule has 0 saturated heterocycles. The van der Waals surface area contributed by atoms with Crippen LogP contribution in [0.15, 0.2) is 16.7 Å². The summed E-state index contributed by atoms with van der Waals surface area (Å²) in [5.41, 5.74) is 0.379. The van der Waals surface area contributed by atoms with E-state index >= 15 is 0 Å². The smallest absolute Gasteiger partial charge is 0.339 e. The van der Waals surface area contributed by atoms with E-state index in [-0.39, 0.29) is 11.3 Å². The lowest BCUT2D eigenvalue weighted by Crippen LogP contribution is -1.99. The van der Waals surface area contributed by atoms with Gasteiger partial charge in [0.2, 0.25) is 5.75 Å². The molecule has 0 spiro atoms. The van der Waals surface area contributed by atoms with Crippen molar-refractivity contribution in [3.8, 4) is 17.2 Å². The Morgan fingerprint density at radius 3 is 2.33 bits per heavy atom. The van der Waals surface area contributed by atoms with E-state index in [0.717, 1.165) is 6.26 Å². The van der Waals surface area contributed by atoms with Gasteiger partial charge in [0.05, 0.1) is 26.7 Å². The van der Waals surface area contributed by atoms with Gasteiger partial charge in [-0.15, -0.1) is 0 Å². The molecule has 0 fully saturated rings. The summed E-state index contributed by atoms with van der Waals surface area (Å²) in [6.45, 7) is 0. The van der Waals surface area contributed by atoms with Crippen LogP contribution in [-0.4, -0.2) is 32.4 Å². The molecule has 2 rings (SSSR count). The summed E-state index contributed by atoms with van der Waals surface area (Å²) < 4.78 is 20.7. The number of ether oxygens (including phenoxy) is 3. The minimum Gasteiger partial charge on any atom is -0.493 e. The predicted octanol–water partition coefficient (Wildman–Crippen LogP) is 2.16. The van der Waals surface area contributed by atoms with E-state index in [1.54, 1.807) is 6.07 Å². The molecular formula is C12H12O6. The van der Waals surface area contributed by atoms with E-state index in [2.05, 4.69) is 0 Å². The monoisotopic (exact) mass is 252 g/mol. The van der Waals surface area contributed by atoms with Gasteiger partial charge in [-0.05, 0) is 0 Å². The highest BCUT2D eigenvalue weighted by Gasteiger charge is 2.23. The summed E-state index contributed by atoms with van der Waals surface area (Å²) in [6.07, 6.45) is 1.16. The van der Waals surface area contributed by atoms with Crippen molar-refractivity contribution in [3.63, 3.8) is 0 Å². The number of fused-ring (bicyclic) bond motifs is 1. The number of rotatable bonds is 4. The molecule has 0 bridgehead atoms. The predicted molar refractivity (Wildman–Crippen MR) is 62.8 cm³/mol. The van der Waals surface area contributed by atoms with Gasteiger partial charge in [-0.25, -0.2) is 4.79 Å². The summed E-state index contributed by atoms with van der Waals surface area (Å²) in [7, 11) is 4.35. The van der Waals surface area contributed by atoms with Crippen LogP contribution in [0.5, 0.6) is 17.2 Å². The zero-order valence-corrected chi connectivity index (χ0v) is 10.1. The summed E-state index contributed by atoms with van der Waals surface area (Å²) in [5, 5.41) is 9.44. The summed E-state index contributed by atoms with van der Waals surface area (Å²) in [6, 6.07) is 1.56. The maximum Gasteiger partial charge on any atom is 0.339 e. The van der Waals surface area contributed by atoms with Gasteiger partial charge in [-0.2, -0.15) is 0 Å². The van der Waals surface area contributed by atoms with Crippen molar-refractivity contribution in [1.29, 1.82) is 0 Å². The molecule has 0 amide bonds. The van der Waals surface area contributed by atoms with Crippen LogP contribution in [0.4, 0.5) is 0 Å². The fraction of sp³-hybridized carbons (Fsp3) is 0.250.